The molecule has 0 spiro atoms. The van der Waals surface area contributed by atoms with Crippen molar-refractivity contribution in [3.05, 3.63) is 0 Å². The van der Waals surface area contributed by atoms with Crippen molar-refractivity contribution in [3.63, 3.8) is 0 Å². The van der Waals surface area contributed by atoms with Gasteiger partial charge in [-0.3, -0.25) is 0 Å². The normalized spacial score (nSPS) is 25.3. The van der Waals surface area contributed by atoms with Gasteiger partial charge in [0.25, 0.3) is 9.20 Å². The molecule has 41 valence electrons. The van der Waals surface area contributed by atoms with Crippen LogP contribution in [0.15, 0.2) is 0 Å². The summed E-state index contributed by atoms with van der Waals surface area (Å²) in [7, 11) is -0.793. The number of rotatable bonds is 0. The Bertz CT molecular complexity index is 53.7. The molecule has 2 N–H and O–H groups in total. The summed E-state index contributed by atoms with van der Waals surface area (Å²) in [6, 6.07) is 1.14. The first kappa shape index (κ1) is 5.28. The first-order valence-electron chi connectivity index (χ1n) is 2.64. The Hall–Kier alpha value is 0.137. The van der Waals surface area contributed by atoms with Crippen molar-refractivity contribution in [2.75, 3.05) is 6.61 Å². The minimum Gasteiger partial charge on any atom is -0.403 e. The molecule has 0 atom stereocenters. The summed E-state index contributed by atoms with van der Waals surface area (Å²) in [5.74, 6) is 0. The molecule has 0 aromatic rings. The van der Waals surface area contributed by atoms with Crippen molar-refractivity contribution in [1.82, 2.24) is 0 Å². The lowest BCUT2D eigenvalue weighted by atomic mass is 10.4. The van der Waals surface area contributed by atoms with Gasteiger partial charge in [0.2, 0.25) is 0 Å². The lowest BCUT2D eigenvalue weighted by molar-refractivity contribution is 0.287. The molecule has 0 saturated carbocycles. The monoisotopic (exact) mass is 116 g/mol. The second-order valence-electron chi connectivity index (χ2n) is 1.77. The van der Waals surface area contributed by atoms with Crippen LogP contribution in [-0.2, 0) is 4.43 Å². The van der Waals surface area contributed by atoms with Gasteiger partial charge in [-0.05, 0) is 12.5 Å². The third-order valence-electron chi connectivity index (χ3n) is 1.10. The zero-order valence-corrected chi connectivity index (χ0v) is 5.31. The summed E-state index contributed by atoms with van der Waals surface area (Å²) in [6.45, 7) is 0.908. The van der Waals surface area contributed by atoms with Gasteiger partial charge in [0, 0.05) is 6.61 Å². The van der Waals surface area contributed by atoms with Crippen molar-refractivity contribution < 1.29 is 4.43 Å². The molecule has 3 heteroatoms. The molecule has 1 rings (SSSR count). The van der Waals surface area contributed by atoms with E-state index in [9.17, 15) is 0 Å². The van der Waals surface area contributed by atoms with E-state index in [2.05, 4.69) is 0 Å². The first-order chi connectivity index (χ1) is 3.39. The van der Waals surface area contributed by atoms with Crippen LogP contribution in [-0.4, -0.2) is 15.8 Å². The van der Waals surface area contributed by atoms with E-state index in [1.165, 1.54) is 12.8 Å². The molecule has 0 aliphatic carbocycles. The van der Waals surface area contributed by atoms with E-state index in [1.54, 1.807) is 0 Å². The summed E-state index contributed by atoms with van der Waals surface area (Å²) >= 11 is 0. The molecular weight excluding hydrogens is 106 g/mol. The molecule has 0 aromatic heterocycles. The molecule has 7 heavy (non-hydrogen) atoms. The molecule has 1 aliphatic rings. The Morgan fingerprint density at radius 2 is 2.29 bits per heavy atom. The SMILES string of the molecule is N[Si]1CCCCO1. The Morgan fingerprint density at radius 1 is 1.43 bits per heavy atom. The Labute approximate surface area is 45.5 Å². The highest BCUT2D eigenvalue weighted by atomic mass is 28.3. The highest BCUT2D eigenvalue weighted by molar-refractivity contribution is 6.48. The second kappa shape index (κ2) is 2.45. The van der Waals surface area contributed by atoms with Crippen LogP contribution in [0.1, 0.15) is 12.8 Å². The maximum atomic E-state index is 5.51. The van der Waals surface area contributed by atoms with Gasteiger partial charge in [-0.15, -0.1) is 0 Å². The van der Waals surface area contributed by atoms with E-state index < -0.39 is 9.20 Å². The topological polar surface area (TPSA) is 35.2 Å². The molecule has 0 unspecified atom stereocenters. The standard InChI is InChI=1S/C4H10NOSi/c5-7-4-2-1-3-6-7/h1-5H2. The third kappa shape index (κ3) is 1.59. The molecule has 1 aliphatic heterocycles. The van der Waals surface area contributed by atoms with Gasteiger partial charge in [-0.2, -0.15) is 0 Å². The molecule has 2 nitrogen and oxygen atoms in total. The highest BCUT2D eigenvalue weighted by Gasteiger charge is 2.10. The zero-order valence-electron chi connectivity index (χ0n) is 4.31. The summed E-state index contributed by atoms with van der Waals surface area (Å²) in [5, 5.41) is 5.51. The zero-order chi connectivity index (χ0) is 5.11. The summed E-state index contributed by atoms with van der Waals surface area (Å²) in [6.07, 6.45) is 2.50. The number of hydrogen-bond donors (Lipinski definition) is 1. The van der Waals surface area contributed by atoms with Crippen LogP contribution in [0, 0.1) is 0 Å². The summed E-state index contributed by atoms with van der Waals surface area (Å²) in [4.78, 5) is 0. The molecule has 0 aromatic carbocycles. The lowest BCUT2D eigenvalue weighted by Gasteiger charge is -2.14. The summed E-state index contributed by atoms with van der Waals surface area (Å²) < 4.78 is 5.16. The van der Waals surface area contributed by atoms with Gasteiger partial charge in [0.1, 0.15) is 0 Å². The van der Waals surface area contributed by atoms with Crippen molar-refractivity contribution in [1.29, 1.82) is 0 Å². The molecule has 1 saturated heterocycles. The van der Waals surface area contributed by atoms with Crippen molar-refractivity contribution in [2.45, 2.75) is 18.9 Å². The first-order valence-corrected chi connectivity index (χ1v) is 4.33. The Morgan fingerprint density at radius 3 is 2.57 bits per heavy atom. The Kier molecular flexibility index (Phi) is 1.84. The molecular formula is C4H10NOSi. The van der Waals surface area contributed by atoms with Crippen LogP contribution in [0.3, 0.4) is 0 Å². The fraction of sp³-hybridized carbons (Fsp3) is 1.00. The van der Waals surface area contributed by atoms with Gasteiger partial charge in [-0.1, -0.05) is 6.42 Å². The average Bonchev–Trinajstić information content (AvgIpc) is 1.69. The molecule has 0 bridgehead atoms. The van der Waals surface area contributed by atoms with Gasteiger partial charge < -0.3 is 9.83 Å². The fourth-order valence-corrected chi connectivity index (χ4v) is 1.83. The van der Waals surface area contributed by atoms with E-state index in [4.69, 9.17) is 9.83 Å². The average molecular weight is 116 g/mol. The van der Waals surface area contributed by atoms with Crippen LogP contribution >= 0.6 is 0 Å². The van der Waals surface area contributed by atoms with Gasteiger partial charge in [0.15, 0.2) is 0 Å². The van der Waals surface area contributed by atoms with Gasteiger partial charge >= 0.3 is 0 Å². The van der Waals surface area contributed by atoms with E-state index in [0.29, 0.717) is 0 Å². The van der Waals surface area contributed by atoms with E-state index in [0.717, 1.165) is 12.7 Å². The van der Waals surface area contributed by atoms with Crippen LogP contribution in [0.25, 0.3) is 0 Å². The van der Waals surface area contributed by atoms with Crippen molar-refractivity contribution in [2.24, 2.45) is 5.40 Å². The molecule has 1 heterocycles. The fourth-order valence-electron chi connectivity index (χ4n) is 0.677. The maximum Gasteiger partial charge on any atom is 0.299 e. The largest absolute Gasteiger partial charge is 0.403 e. The summed E-state index contributed by atoms with van der Waals surface area (Å²) in [5.41, 5.74) is 0. The van der Waals surface area contributed by atoms with E-state index in [1.807, 2.05) is 0 Å². The minimum atomic E-state index is -0.793. The van der Waals surface area contributed by atoms with E-state index >= 15 is 0 Å². The maximum absolute atomic E-state index is 5.51. The minimum absolute atomic E-state index is 0.793. The van der Waals surface area contributed by atoms with Gasteiger partial charge in [0.05, 0.1) is 0 Å². The van der Waals surface area contributed by atoms with Gasteiger partial charge in [-0.25, -0.2) is 0 Å². The molecule has 1 fully saturated rings. The van der Waals surface area contributed by atoms with Crippen molar-refractivity contribution >= 4 is 9.20 Å². The third-order valence-corrected chi connectivity index (χ3v) is 2.53. The highest BCUT2D eigenvalue weighted by Crippen LogP contribution is 2.05. The number of nitrogens with two attached hydrogens (primary N) is 1. The van der Waals surface area contributed by atoms with Crippen LogP contribution < -0.4 is 5.40 Å². The predicted octanol–water partition coefficient (Wildman–Crippen LogP) is 0.244. The molecule has 0 amide bonds. The Balaban J connectivity index is 2.12. The predicted molar refractivity (Wildman–Crippen MR) is 29.9 cm³/mol. The molecule has 1 radical (unpaired) electrons. The van der Waals surface area contributed by atoms with Crippen molar-refractivity contribution in [3.8, 4) is 0 Å². The van der Waals surface area contributed by atoms with Crippen LogP contribution in [0.2, 0.25) is 6.04 Å². The second-order valence-corrected chi connectivity index (χ2v) is 3.49. The number of hydrogen-bond acceptors (Lipinski definition) is 2. The van der Waals surface area contributed by atoms with Crippen LogP contribution in [0.4, 0.5) is 0 Å². The van der Waals surface area contributed by atoms with Crippen LogP contribution in [0.5, 0.6) is 0 Å². The smallest absolute Gasteiger partial charge is 0.299 e. The lowest BCUT2D eigenvalue weighted by Crippen LogP contribution is -2.32. The van der Waals surface area contributed by atoms with E-state index in [-0.39, 0.29) is 0 Å². The quantitative estimate of drug-likeness (QED) is 0.460.